The second-order valence-electron chi connectivity index (χ2n) is 7.21. The number of fused-ring (bicyclic) bond motifs is 1. The number of aromatic nitrogens is 2. The van der Waals surface area contributed by atoms with E-state index in [1.807, 2.05) is 42.5 Å². The molecule has 0 bridgehead atoms. The highest BCUT2D eigenvalue weighted by Gasteiger charge is 2.41. The van der Waals surface area contributed by atoms with Gasteiger partial charge in [-0.2, -0.15) is 0 Å². The number of imide groups is 1. The molecule has 0 unspecified atom stereocenters. The number of halogens is 2. The molecule has 1 aromatic heterocycles. The summed E-state index contributed by atoms with van der Waals surface area (Å²) in [7, 11) is 0. The summed E-state index contributed by atoms with van der Waals surface area (Å²) in [4.78, 5) is 36.3. The molecule has 0 aliphatic carbocycles. The summed E-state index contributed by atoms with van der Waals surface area (Å²) in [5.74, 6) is -0.620. The van der Waals surface area contributed by atoms with Crippen molar-refractivity contribution in [1.29, 1.82) is 0 Å². The van der Waals surface area contributed by atoms with Gasteiger partial charge in [-0.1, -0.05) is 77.4 Å². The van der Waals surface area contributed by atoms with Crippen molar-refractivity contribution in [2.24, 2.45) is 0 Å². The van der Waals surface area contributed by atoms with Crippen molar-refractivity contribution < 1.29 is 9.59 Å². The van der Waals surface area contributed by atoms with Crippen molar-refractivity contribution in [2.45, 2.75) is 16.8 Å². The maximum atomic E-state index is 13.1. The van der Waals surface area contributed by atoms with Gasteiger partial charge in [0, 0.05) is 22.4 Å². The molecule has 1 fully saturated rings. The van der Waals surface area contributed by atoms with Gasteiger partial charge in [-0.25, -0.2) is 14.9 Å². The number of carbonyl (C=O) groups is 2. The molecule has 5 rings (SSSR count). The van der Waals surface area contributed by atoms with E-state index in [0.29, 0.717) is 26.4 Å². The first-order valence-corrected chi connectivity index (χ1v) is 11.5. The summed E-state index contributed by atoms with van der Waals surface area (Å²) >= 11 is 13.6. The molecule has 3 aromatic carbocycles. The van der Waals surface area contributed by atoms with Crippen LogP contribution >= 0.6 is 35.0 Å². The number of hydrogen-bond donors (Lipinski definition) is 0. The van der Waals surface area contributed by atoms with Crippen LogP contribution in [0.4, 0.5) is 5.69 Å². The van der Waals surface area contributed by atoms with Crippen LogP contribution < -0.4 is 4.90 Å². The molecule has 0 N–H and O–H groups in total. The zero-order chi connectivity index (χ0) is 22.2. The van der Waals surface area contributed by atoms with Crippen molar-refractivity contribution in [2.75, 3.05) is 4.90 Å². The molecule has 4 aromatic rings. The van der Waals surface area contributed by atoms with Gasteiger partial charge >= 0.3 is 0 Å². The van der Waals surface area contributed by atoms with Crippen molar-refractivity contribution >= 4 is 63.4 Å². The first kappa shape index (κ1) is 20.9. The van der Waals surface area contributed by atoms with Gasteiger partial charge in [0.1, 0.15) is 5.25 Å². The largest absolute Gasteiger partial charge is 0.274 e. The van der Waals surface area contributed by atoms with E-state index < -0.39 is 5.25 Å². The van der Waals surface area contributed by atoms with Gasteiger partial charge in [-0.3, -0.25) is 9.59 Å². The van der Waals surface area contributed by atoms with Crippen LogP contribution in [-0.4, -0.2) is 27.0 Å². The molecule has 2 amide bonds. The minimum Gasteiger partial charge on any atom is -0.274 e. The summed E-state index contributed by atoms with van der Waals surface area (Å²) < 4.78 is 0. The number of nitrogens with zero attached hydrogens (tertiary/aromatic N) is 3. The monoisotopic (exact) mass is 479 g/mol. The number of anilines is 1. The Bertz CT molecular complexity index is 1360. The Morgan fingerprint density at radius 3 is 2.44 bits per heavy atom. The van der Waals surface area contributed by atoms with Crippen molar-refractivity contribution in [3.8, 4) is 11.3 Å². The lowest BCUT2D eigenvalue weighted by Gasteiger charge is -2.16. The van der Waals surface area contributed by atoms with E-state index in [0.717, 1.165) is 21.5 Å². The van der Waals surface area contributed by atoms with E-state index in [-0.39, 0.29) is 18.2 Å². The molecule has 158 valence electrons. The molecule has 0 spiro atoms. The number of amides is 2. The molecule has 8 heteroatoms. The quantitative estimate of drug-likeness (QED) is 0.264. The predicted octanol–water partition coefficient (Wildman–Crippen LogP) is 6.03. The zero-order valence-electron chi connectivity index (χ0n) is 16.5. The lowest BCUT2D eigenvalue weighted by Crippen LogP contribution is -2.31. The minimum absolute atomic E-state index is 0.0530. The molecular formula is C24H15Cl2N3O2S. The summed E-state index contributed by atoms with van der Waals surface area (Å²) in [5.41, 5.74) is 2.74. The fraction of sp³-hybridized carbons (Fsp3) is 0.0833. The molecular weight excluding hydrogens is 465 g/mol. The van der Waals surface area contributed by atoms with Gasteiger partial charge in [0.15, 0.2) is 5.16 Å². The number of benzene rings is 3. The Kier molecular flexibility index (Phi) is 5.59. The molecule has 32 heavy (non-hydrogen) atoms. The summed E-state index contributed by atoms with van der Waals surface area (Å²) in [6, 6.07) is 21.9. The standard InChI is InChI=1S/C24H15Cl2N3O2S/c25-15-10-11-18-16(12-15)22(14-6-2-1-3-7-14)28-24(27-18)32-20-13-21(30)29(23(20)31)19-9-5-4-8-17(19)26/h1-12,20H,13H2/t20-/m0/s1. The third kappa shape index (κ3) is 3.86. The van der Waals surface area contributed by atoms with Crippen LogP contribution in [0.3, 0.4) is 0 Å². The molecule has 1 atom stereocenters. The Morgan fingerprint density at radius 1 is 0.906 bits per heavy atom. The van der Waals surface area contributed by atoms with E-state index in [1.54, 1.807) is 30.3 Å². The van der Waals surface area contributed by atoms with Crippen LogP contribution in [0.5, 0.6) is 0 Å². The first-order valence-electron chi connectivity index (χ1n) is 9.82. The van der Waals surface area contributed by atoms with Crippen LogP contribution in [0.25, 0.3) is 22.2 Å². The lowest BCUT2D eigenvalue weighted by molar-refractivity contribution is -0.121. The molecule has 1 aliphatic heterocycles. The Labute approximate surface area is 198 Å². The number of para-hydroxylation sites is 1. The van der Waals surface area contributed by atoms with Crippen LogP contribution in [0.1, 0.15) is 6.42 Å². The highest BCUT2D eigenvalue weighted by Crippen LogP contribution is 2.37. The SMILES string of the molecule is O=C1C[C@H](Sc2nc(-c3ccccc3)c3cc(Cl)ccc3n2)C(=O)N1c1ccccc1Cl. The van der Waals surface area contributed by atoms with E-state index in [1.165, 1.54) is 11.8 Å². The van der Waals surface area contributed by atoms with Gasteiger partial charge in [-0.15, -0.1) is 0 Å². The third-order valence-corrected chi connectivity index (χ3v) is 6.73. The molecule has 5 nitrogen and oxygen atoms in total. The highest BCUT2D eigenvalue weighted by atomic mass is 35.5. The zero-order valence-corrected chi connectivity index (χ0v) is 18.9. The maximum Gasteiger partial charge on any atom is 0.247 e. The second-order valence-corrected chi connectivity index (χ2v) is 9.23. The molecule has 1 aliphatic rings. The summed E-state index contributed by atoms with van der Waals surface area (Å²) in [6.45, 7) is 0. The number of thioether (sulfide) groups is 1. The van der Waals surface area contributed by atoms with E-state index in [9.17, 15) is 9.59 Å². The molecule has 0 saturated carbocycles. The van der Waals surface area contributed by atoms with Crippen LogP contribution in [0.15, 0.2) is 78.0 Å². The lowest BCUT2D eigenvalue weighted by atomic mass is 10.1. The van der Waals surface area contributed by atoms with Crippen LogP contribution in [-0.2, 0) is 9.59 Å². The van der Waals surface area contributed by atoms with Gasteiger partial charge < -0.3 is 0 Å². The Hall–Kier alpha value is -2.93. The smallest absolute Gasteiger partial charge is 0.247 e. The average molecular weight is 480 g/mol. The van der Waals surface area contributed by atoms with Crippen LogP contribution in [0.2, 0.25) is 10.0 Å². The molecule has 0 radical (unpaired) electrons. The van der Waals surface area contributed by atoms with Crippen LogP contribution in [0, 0.1) is 0 Å². The highest BCUT2D eigenvalue weighted by molar-refractivity contribution is 8.00. The summed E-state index contributed by atoms with van der Waals surface area (Å²) in [6.07, 6.45) is 0.0530. The van der Waals surface area contributed by atoms with E-state index in [2.05, 4.69) is 4.98 Å². The van der Waals surface area contributed by atoms with Gasteiger partial charge in [-0.05, 0) is 30.3 Å². The maximum absolute atomic E-state index is 13.1. The molecule has 1 saturated heterocycles. The van der Waals surface area contributed by atoms with Crippen molar-refractivity contribution in [1.82, 2.24) is 9.97 Å². The van der Waals surface area contributed by atoms with Gasteiger partial charge in [0.2, 0.25) is 11.8 Å². The van der Waals surface area contributed by atoms with Crippen molar-refractivity contribution in [3.05, 3.63) is 82.8 Å². The van der Waals surface area contributed by atoms with Crippen molar-refractivity contribution in [3.63, 3.8) is 0 Å². The fourth-order valence-corrected chi connectivity index (χ4v) is 5.03. The number of rotatable bonds is 4. The van der Waals surface area contributed by atoms with E-state index in [4.69, 9.17) is 28.2 Å². The normalized spacial score (nSPS) is 16.2. The second kappa shape index (κ2) is 8.54. The number of carbonyl (C=O) groups excluding carboxylic acids is 2. The van der Waals surface area contributed by atoms with Gasteiger partial charge in [0.25, 0.3) is 0 Å². The predicted molar refractivity (Wildman–Crippen MR) is 128 cm³/mol. The minimum atomic E-state index is -0.632. The summed E-state index contributed by atoms with van der Waals surface area (Å²) in [5, 5.41) is 1.55. The third-order valence-electron chi connectivity index (χ3n) is 5.13. The topological polar surface area (TPSA) is 63.2 Å². The van der Waals surface area contributed by atoms with Gasteiger partial charge in [0.05, 0.1) is 21.9 Å². The fourth-order valence-electron chi connectivity index (χ4n) is 3.66. The Morgan fingerprint density at radius 2 is 1.66 bits per heavy atom. The molecule has 2 heterocycles. The number of hydrogen-bond acceptors (Lipinski definition) is 5. The Balaban J connectivity index is 1.52. The average Bonchev–Trinajstić information content (AvgIpc) is 3.07. The first-order chi connectivity index (χ1) is 15.5. The van der Waals surface area contributed by atoms with E-state index >= 15 is 0 Å².